The number of benzene rings is 1. The molecule has 0 atom stereocenters. The fourth-order valence-corrected chi connectivity index (χ4v) is 3.44. The summed E-state index contributed by atoms with van der Waals surface area (Å²) in [6.45, 7) is 4.66. The molecule has 0 aliphatic rings. The van der Waals surface area contributed by atoms with Crippen molar-refractivity contribution in [3.8, 4) is 22.9 Å². The summed E-state index contributed by atoms with van der Waals surface area (Å²) < 4.78 is 17.8. The molecule has 2 aromatic heterocycles. The van der Waals surface area contributed by atoms with Crippen molar-refractivity contribution >= 4 is 17.7 Å². The number of amides is 1. The second kappa shape index (κ2) is 9.83. The van der Waals surface area contributed by atoms with Crippen LogP contribution in [-0.2, 0) is 17.9 Å². The molecular weight excluding hydrogens is 392 g/mol. The minimum Gasteiger partial charge on any atom is -0.493 e. The zero-order chi connectivity index (χ0) is 20.6. The third-order valence-corrected chi connectivity index (χ3v) is 5.01. The van der Waals surface area contributed by atoms with Crippen LogP contribution >= 0.6 is 11.8 Å². The number of hydrogen-bond donors (Lipinski definition) is 1. The van der Waals surface area contributed by atoms with Crippen LogP contribution in [0.15, 0.2) is 58.8 Å². The number of carbonyl (C=O) groups is 1. The van der Waals surface area contributed by atoms with Gasteiger partial charge in [0, 0.05) is 12.1 Å². The van der Waals surface area contributed by atoms with Gasteiger partial charge in [-0.25, -0.2) is 0 Å². The molecule has 8 nitrogen and oxygen atoms in total. The van der Waals surface area contributed by atoms with Crippen molar-refractivity contribution in [2.24, 2.45) is 0 Å². The Kier molecular flexibility index (Phi) is 6.96. The quantitative estimate of drug-likeness (QED) is 0.402. The molecule has 0 unspecified atom stereocenters. The molecular formula is C20H22N4O4S. The van der Waals surface area contributed by atoms with E-state index in [-0.39, 0.29) is 11.7 Å². The van der Waals surface area contributed by atoms with Gasteiger partial charge in [0.2, 0.25) is 5.91 Å². The molecule has 2 heterocycles. The number of carbonyl (C=O) groups excluding carboxylic acids is 1. The lowest BCUT2D eigenvalue weighted by Gasteiger charge is -2.11. The second-order valence-corrected chi connectivity index (χ2v) is 6.86. The number of ether oxygens (including phenoxy) is 2. The Morgan fingerprint density at radius 2 is 2.10 bits per heavy atom. The first-order valence-electron chi connectivity index (χ1n) is 8.84. The molecule has 3 rings (SSSR count). The average molecular weight is 414 g/mol. The highest BCUT2D eigenvalue weighted by Crippen LogP contribution is 2.32. The van der Waals surface area contributed by atoms with Crippen LogP contribution in [0.5, 0.6) is 11.5 Å². The Hall–Kier alpha value is -3.20. The molecule has 29 heavy (non-hydrogen) atoms. The van der Waals surface area contributed by atoms with E-state index in [1.165, 1.54) is 11.8 Å². The number of hydrogen-bond acceptors (Lipinski definition) is 7. The SMILES string of the molecule is C=CCn1c(SCC(=O)NCc2ccco2)nnc1-c1ccc(OC)c(OC)c1. The topological polar surface area (TPSA) is 91.4 Å². The van der Waals surface area contributed by atoms with Crippen LogP contribution in [0.4, 0.5) is 0 Å². The maximum Gasteiger partial charge on any atom is 0.230 e. The van der Waals surface area contributed by atoms with Crippen molar-refractivity contribution < 1.29 is 18.7 Å². The van der Waals surface area contributed by atoms with Gasteiger partial charge in [0.15, 0.2) is 22.5 Å². The first kappa shape index (κ1) is 20.5. The number of rotatable bonds is 10. The monoisotopic (exact) mass is 414 g/mol. The molecule has 1 amide bonds. The molecule has 0 saturated heterocycles. The van der Waals surface area contributed by atoms with E-state index < -0.39 is 0 Å². The Bertz CT molecular complexity index is 969. The summed E-state index contributed by atoms with van der Waals surface area (Å²) in [6.07, 6.45) is 3.33. The lowest BCUT2D eigenvalue weighted by molar-refractivity contribution is -0.118. The van der Waals surface area contributed by atoms with E-state index in [0.29, 0.717) is 41.3 Å². The van der Waals surface area contributed by atoms with Crippen LogP contribution in [-0.4, -0.2) is 40.6 Å². The normalized spacial score (nSPS) is 10.6. The molecule has 0 saturated carbocycles. The number of furan rings is 1. The molecule has 0 fully saturated rings. The fourth-order valence-electron chi connectivity index (χ4n) is 2.66. The zero-order valence-corrected chi connectivity index (χ0v) is 17.1. The first-order valence-corrected chi connectivity index (χ1v) is 9.83. The molecule has 152 valence electrons. The van der Waals surface area contributed by atoms with Crippen molar-refractivity contribution in [3.63, 3.8) is 0 Å². The van der Waals surface area contributed by atoms with Crippen LogP contribution in [0.25, 0.3) is 11.4 Å². The molecule has 1 aromatic carbocycles. The number of thioether (sulfide) groups is 1. The fraction of sp³-hybridized carbons (Fsp3) is 0.250. The molecule has 1 N–H and O–H groups in total. The van der Waals surface area contributed by atoms with Gasteiger partial charge in [-0.05, 0) is 30.3 Å². The van der Waals surface area contributed by atoms with Crippen LogP contribution in [0.1, 0.15) is 5.76 Å². The highest BCUT2D eigenvalue weighted by molar-refractivity contribution is 7.99. The Balaban J connectivity index is 1.73. The molecule has 0 bridgehead atoms. The zero-order valence-electron chi connectivity index (χ0n) is 16.3. The summed E-state index contributed by atoms with van der Waals surface area (Å²) in [7, 11) is 3.17. The molecule has 3 aromatic rings. The van der Waals surface area contributed by atoms with Crippen molar-refractivity contribution in [2.75, 3.05) is 20.0 Å². The molecule has 0 spiro atoms. The number of methoxy groups -OCH3 is 2. The van der Waals surface area contributed by atoms with Gasteiger partial charge in [0.1, 0.15) is 5.76 Å². The Morgan fingerprint density at radius 1 is 1.28 bits per heavy atom. The summed E-state index contributed by atoms with van der Waals surface area (Å²) in [6, 6.07) is 9.13. The van der Waals surface area contributed by atoms with Gasteiger partial charge < -0.3 is 19.2 Å². The maximum absolute atomic E-state index is 12.1. The number of allylic oxidation sites excluding steroid dienone is 1. The largest absolute Gasteiger partial charge is 0.493 e. The van der Waals surface area contributed by atoms with Gasteiger partial charge in [-0.15, -0.1) is 16.8 Å². The third kappa shape index (κ3) is 5.00. The molecule has 0 radical (unpaired) electrons. The lowest BCUT2D eigenvalue weighted by Crippen LogP contribution is -2.24. The molecule has 0 aliphatic carbocycles. The summed E-state index contributed by atoms with van der Waals surface area (Å²) in [5, 5.41) is 12.0. The van der Waals surface area contributed by atoms with Crippen LogP contribution in [0.3, 0.4) is 0 Å². The predicted molar refractivity (Wildman–Crippen MR) is 110 cm³/mol. The summed E-state index contributed by atoms with van der Waals surface area (Å²) in [4.78, 5) is 12.1. The lowest BCUT2D eigenvalue weighted by atomic mass is 10.2. The maximum atomic E-state index is 12.1. The molecule has 0 aliphatic heterocycles. The standard InChI is InChI=1S/C20H22N4O4S/c1-4-9-24-19(14-7-8-16(26-2)17(11-14)27-3)22-23-20(24)29-13-18(25)21-12-15-6-5-10-28-15/h4-8,10-11H,1,9,12-13H2,2-3H3,(H,21,25). The Labute approximate surface area is 172 Å². The summed E-state index contributed by atoms with van der Waals surface area (Å²) >= 11 is 1.31. The van der Waals surface area contributed by atoms with Gasteiger partial charge in [-0.3, -0.25) is 9.36 Å². The van der Waals surface area contributed by atoms with Gasteiger partial charge in [-0.2, -0.15) is 0 Å². The van der Waals surface area contributed by atoms with Gasteiger partial charge >= 0.3 is 0 Å². The Morgan fingerprint density at radius 3 is 2.79 bits per heavy atom. The van der Waals surface area contributed by atoms with Gasteiger partial charge in [0.05, 0.1) is 32.8 Å². The van der Waals surface area contributed by atoms with Crippen molar-refractivity contribution in [1.82, 2.24) is 20.1 Å². The third-order valence-electron chi connectivity index (χ3n) is 4.04. The van der Waals surface area contributed by atoms with Crippen molar-refractivity contribution in [1.29, 1.82) is 0 Å². The van der Waals surface area contributed by atoms with Crippen molar-refractivity contribution in [3.05, 3.63) is 55.0 Å². The number of aromatic nitrogens is 3. The number of nitrogens with zero attached hydrogens (tertiary/aromatic N) is 3. The highest BCUT2D eigenvalue weighted by Gasteiger charge is 2.16. The van der Waals surface area contributed by atoms with Gasteiger partial charge in [0.25, 0.3) is 0 Å². The van der Waals surface area contributed by atoms with Crippen LogP contribution in [0, 0.1) is 0 Å². The van der Waals surface area contributed by atoms with E-state index in [2.05, 4.69) is 22.1 Å². The summed E-state index contributed by atoms with van der Waals surface area (Å²) in [5.74, 6) is 2.69. The van der Waals surface area contributed by atoms with E-state index in [9.17, 15) is 4.79 Å². The second-order valence-electron chi connectivity index (χ2n) is 5.92. The predicted octanol–water partition coefficient (Wildman–Crippen LogP) is 3.15. The first-order chi connectivity index (χ1) is 14.2. The van der Waals surface area contributed by atoms with E-state index in [1.54, 1.807) is 32.6 Å². The van der Waals surface area contributed by atoms with Crippen molar-refractivity contribution in [2.45, 2.75) is 18.2 Å². The highest BCUT2D eigenvalue weighted by atomic mass is 32.2. The molecule has 9 heteroatoms. The minimum atomic E-state index is -0.118. The smallest absolute Gasteiger partial charge is 0.230 e. The average Bonchev–Trinajstić information content (AvgIpc) is 3.40. The van der Waals surface area contributed by atoms with Crippen LogP contribution in [0.2, 0.25) is 0 Å². The van der Waals surface area contributed by atoms with E-state index >= 15 is 0 Å². The van der Waals surface area contributed by atoms with Gasteiger partial charge in [-0.1, -0.05) is 17.8 Å². The van der Waals surface area contributed by atoms with E-state index in [1.807, 2.05) is 28.8 Å². The van der Waals surface area contributed by atoms with E-state index in [0.717, 1.165) is 5.56 Å². The number of nitrogens with one attached hydrogen (secondary N) is 1. The van der Waals surface area contributed by atoms with E-state index in [4.69, 9.17) is 13.9 Å². The summed E-state index contributed by atoms with van der Waals surface area (Å²) in [5.41, 5.74) is 0.825. The minimum absolute atomic E-state index is 0.118. The van der Waals surface area contributed by atoms with Crippen LogP contribution < -0.4 is 14.8 Å².